The van der Waals surface area contributed by atoms with Crippen molar-refractivity contribution < 1.29 is 13.9 Å². The fraction of sp³-hybridized carbons (Fsp3) is 0.190. The molecular formula is C21H21NO3. The van der Waals surface area contributed by atoms with Gasteiger partial charge in [0.05, 0.1) is 7.11 Å². The first kappa shape index (κ1) is 16.8. The molecule has 1 heterocycles. The van der Waals surface area contributed by atoms with Crippen molar-refractivity contribution >= 4 is 5.91 Å². The number of aryl methyl sites for hydroxylation is 1. The van der Waals surface area contributed by atoms with Gasteiger partial charge in [-0.25, -0.2) is 0 Å². The van der Waals surface area contributed by atoms with E-state index >= 15 is 0 Å². The number of furan rings is 1. The number of nitrogens with one attached hydrogen (secondary N) is 1. The van der Waals surface area contributed by atoms with E-state index in [1.165, 1.54) is 0 Å². The largest absolute Gasteiger partial charge is 0.497 e. The van der Waals surface area contributed by atoms with E-state index in [2.05, 4.69) is 5.32 Å². The topological polar surface area (TPSA) is 51.5 Å². The minimum atomic E-state index is 0.000445. The zero-order chi connectivity index (χ0) is 17.5. The Bertz CT molecular complexity index is 824. The average molecular weight is 335 g/mol. The number of hydrogen-bond acceptors (Lipinski definition) is 3. The SMILES string of the molecule is COc1cccc(CNC(=O)CCc2ccc(-c3ccccc3)o2)c1. The molecule has 1 N–H and O–H groups in total. The van der Waals surface area contributed by atoms with Crippen molar-refractivity contribution in [3.8, 4) is 17.1 Å². The van der Waals surface area contributed by atoms with Crippen LogP contribution in [0.2, 0.25) is 0 Å². The van der Waals surface area contributed by atoms with Crippen LogP contribution >= 0.6 is 0 Å². The molecule has 4 nitrogen and oxygen atoms in total. The molecule has 3 rings (SSSR count). The van der Waals surface area contributed by atoms with Crippen molar-refractivity contribution in [3.05, 3.63) is 78.1 Å². The molecule has 1 aromatic heterocycles. The predicted octanol–water partition coefficient (Wildman–Crippen LogP) is 4.20. The van der Waals surface area contributed by atoms with Crippen LogP contribution in [0, 0.1) is 0 Å². The number of rotatable bonds is 7. The first-order valence-electron chi connectivity index (χ1n) is 8.28. The lowest BCUT2D eigenvalue weighted by molar-refractivity contribution is -0.121. The van der Waals surface area contributed by atoms with Gasteiger partial charge in [0.15, 0.2) is 0 Å². The molecule has 0 saturated carbocycles. The Hall–Kier alpha value is -3.01. The van der Waals surface area contributed by atoms with Gasteiger partial charge >= 0.3 is 0 Å². The third-order valence-corrected chi connectivity index (χ3v) is 3.94. The Morgan fingerprint density at radius 1 is 1.04 bits per heavy atom. The lowest BCUT2D eigenvalue weighted by Gasteiger charge is -2.06. The van der Waals surface area contributed by atoms with E-state index in [1.54, 1.807) is 7.11 Å². The van der Waals surface area contributed by atoms with Crippen LogP contribution in [0.4, 0.5) is 0 Å². The van der Waals surface area contributed by atoms with E-state index in [0.29, 0.717) is 19.4 Å². The van der Waals surface area contributed by atoms with Gasteiger partial charge in [0, 0.05) is 24.9 Å². The minimum Gasteiger partial charge on any atom is -0.497 e. The van der Waals surface area contributed by atoms with Gasteiger partial charge in [0.25, 0.3) is 0 Å². The maximum atomic E-state index is 12.0. The number of carbonyl (C=O) groups excluding carboxylic acids is 1. The summed E-state index contributed by atoms with van der Waals surface area (Å²) in [6.07, 6.45) is 0.975. The molecule has 0 aliphatic carbocycles. The minimum absolute atomic E-state index is 0.000445. The van der Waals surface area contributed by atoms with E-state index in [4.69, 9.17) is 9.15 Å². The Balaban J connectivity index is 1.48. The molecule has 0 saturated heterocycles. The van der Waals surface area contributed by atoms with Gasteiger partial charge in [0.2, 0.25) is 5.91 Å². The zero-order valence-corrected chi connectivity index (χ0v) is 14.2. The van der Waals surface area contributed by atoms with Crippen molar-refractivity contribution in [2.45, 2.75) is 19.4 Å². The van der Waals surface area contributed by atoms with Crippen LogP contribution in [0.25, 0.3) is 11.3 Å². The van der Waals surface area contributed by atoms with E-state index in [0.717, 1.165) is 28.4 Å². The Labute approximate surface area is 147 Å². The van der Waals surface area contributed by atoms with Gasteiger partial charge in [-0.3, -0.25) is 4.79 Å². The number of ether oxygens (including phenoxy) is 1. The highest BCUT2D eigenvalue weighted by molar-refractivity contribution is 5.76. The van der Waals surface area contributed by atoms with E-state index < -0.39 is 0 Å². The predicted molar refractivity (Wildman–Crippen MR) is 97.3 cm³/mol. The molecule has 128 valence electrons. The molecule has 0 unspecified atom stereocenters. The lowest BCUT2D eigenvalue weighted by Crippen LogP contribution is -2.22. The average Bonchev–Trinajstić information content (AvgIpc) is 3.15. The quantitative estimate of drug-likeness (QED) is 0.704. The van der Waals surface area contributed by atoms with Crippen LogP contribution in [0.1, 0.15) is 17.7 Å². The smallest absolute Gasteiger partial charge is 0.220 e. The third kappa shape index (κ3) is 4.73. The Kier molecular flexibility index (Phi) is 5.52. The first-order valence-corrected chi connectivity index (χ1v) is 8.28. The van der Waals surface area contributed by atoms with E-state index in [9.17, 15) is 4.79 Å². The Morgan fingerprint density at radius 2 is 1.88 bits per heavy atom. The van der Waals surface area contributed by atoms with Gasteiger partial charge < -0.3 is 14.5 Å². The highest BCUT2D eigenvalue weighted by Gasteiger charge is 2.07. The number of benzene rings is 2. The van der Waals surface area contributed by atoms with Gasteiger partial charge in [-0.1, -0.05) is 42.5 Å². The van der Waals surface area contributed by atoms with E-state index in [-0.39, 0.29) is 5.91 Å². The monoisotopic (exact) mass is 335 g/mol. The molecular weight excluding hydrogens is 314 g/mol. The second-order valence-electron chi connectivity index (χ2n) is 5.76. The molecule has 0 spiro atoms. The molecule has 2 aromatic carbocycles. The van der Waals surface area contributed by atoms with Gasteiger partial charge in [-0.15, -0.1) is 0 Å². The third-order valence-electron chi connectivity index (χ3n) is 3.94. The molecule has 3 aromatic rings. The molecule has 0 atom stereocenters. The van der Waals surface area contributed by atoms with Crippen LogP contribution in [0.3, 0.4) is 0 Å². The lowest BCUT2D eigenvalue weighted by atomic mass is 10.2. The molecule has 0 aliphatic heterocycles. The number of amides is 1. The molecule has 0 aliphatic rings. The van der Waals surface area contributed by atoms with Crippen molar-refractivity contribution in [1.29, 1.82) is 0 Å². The molecule has 0 bridgehead atoms. The number of carbonyl (C=O) groups is 1. The maximum absolute atomic E-state index is 12.0. The molecule has 0 fully saturated rings. The van der Waals surface area contributed by atoms with Gasteiger partial charge in [0.1, 0.15) is 17.3 Å². The van der Waals surface area contributed by atoms with Crippen LogP contribution in [-0.2, 0) is 17.8 Å². The van der Waals surface area contributed by atoms with E-state index in [1.807, 2.05) is 66.7 Å². The first-order chi connectivity index (χ1) is 12.2. The standard InChI is InChI=1S/C21H21NO3/c1-24-19-9-5-6-16(14-19)15-22-21(23)13-11-18-10-12-20(25-18)17-7-3-2-4-8-17/h2-10,12,14H,11,13,15H2,1H3,(H,22,23). The second kappa shape index (κ2) is 8.20. The van der Waals surface area contributed by atoms with Crippen LogP contribution in [0.5, 0.6) is 5.75 Å². The summed E-state index contributed by atoms with van der Waals surface area (Å²) in [6, 6.07) is 21.5. The number of hydrogen-bond donors (Lipinski definition) is 1. The highest BCUT2D eigenvalue weighted by atomic mass is 16.5. The summed E-state index contributed by atoms with van der Waals surface area (Å²) in [6.45, 7) is 0.490. The summed E-state index contributed by atoms with van der Waals surface area (Å²) >= 11 is 0. The molecule has 0 radical (unpaired) electrons. The summed E-state index contributed by atoms with van der Waals surface area (Å²) in [5.41, 5.74) is 2.05. The van der Waals surface area contributed by atoms with Crippen molar-refractivity contribution in [1.82, 2.24) is 5.32 Å². The zero-order valence-electron chi connectivity index (χ0n) is 14.2. The van der Waals surface area contributed by atoms with Gasteiger partial charge in [-0.05, 0) is 29.8 Å². The van der Waals surface area contributed by atoms with Crippen molar-refractivity contribution in [2.75, 3.05) is 7.11 Å². The maximum Gasteiger partial charge on any atom is 0.220 e. The van der Waals surface area contributed by atoms with Crippen LogP contribution < -0.4 is 10.1 Å². The Morgan fingerprint density at radius 3 is 2.68 bits per heavy atom. The molecule has 25 heavy (non-hydrogen) atoms. The fourth-order valence-corrected chi connectivity index (χ4v) is 2.58. The number of methoxy groups -OCH3 is 1. The highest BCUT2D eigenvalue weighted by Crippen LogP contribution is 2.22. The summed E-state index contributed by atoms with van der Waals surface area (Å²) in [5, 5.41) is 2.92. The summed E-state index contributed by atoms with van der Waals surface area (Å²) in [7, 11) is 1.63. The molecule has 1 amide bonds. The second-order valence-corrected chi connectivity index (χ2v) is 5.76. The van der Waals surface area contributed by atoms with Gasteiger partial charge in [-0.2, -0.15) is 0 Å². The van der Waals surface area contributed by atoms with Crippen LogP contribution in [0.15, 0.2) is 71.1 Å². The van der Waals surface area contributed by atoms with Crippen molar-refractivity contribution in [2.24, 2.45) is 0 Å². The molecule has 4 heteroatoms. The fourth-order valence-electron chi connectivity index (χ4n) is 2.58. The normalized spacial score (nSPS) is 10.4. The van der Waals surface area contributed by atoms with Crippen LogP contribution in [-0.4, -0.2) is 13.0 Å². The van der Waals surface area contributed by atoms with Crippen molar-refractivity contribution in [3.63, 3.8) is 0 Å². The summed E-state index contributed by atoms with van der Waals surface area (Å²) in [4.78, 5) is 12.0. The summed E-state index contributed by atoms with van der Waals surface area (Å²) in [5.74, 6) is 2.43. The summed E-state index contributed by atoms with van der Waals surface area (Å²) < 4.78 is 11.0.